The van der Waals surface area contributed by atoms with Crippen molar-refractivity contribution < 1.29 is 17.9 Å². The van der Waals surface area contributed by atoms with Gasteiger partial charge in [-0.3, -0.25) is 4.72 Å². The van der Waals surface area contributed by atoms with E-state index in [1.54, 1.807) is 12.1 Å². The predicted octanol–water partition coefficient (Wildman–Crippen LogP) is 2.93. The second kappa shape index (κ2) is 6.27. The molecule has 2 N–H and O–H groups in total. The number of anilines is 1. The molecule has 0 aliphatic heterocycles. The third-order valence-electron chi connectivity index (χ3n) is 2.53. The molecule has 0 atom stereocenters. The lowest BCUT2D eigenvalue weighted by molar-refractivity contribution is 0.274. The molecule has 0 amide bonds. The van der Waals surface area contributed by atoms with E-state index in [0.717, 1.165) is 12.1 Å². The predicted molar refractivity (Wildman–Crippen MR) is 80.1 cm³/mol. The fourth-order valence-corrected chi connectivity index (χ4v) is 3.54. The number of benzene rings is 1. The molecule has 0 aliphatic rings. The number of rotatable bonds is 4. The lowest BCUT2D eigenvalue weighted by Gasteiger charge is -2.11. The van der Waals surface area contributed by atoms with Gasteiger partial charge in [0, 0.05) is 16.8 Å². The molecule has 21 heavy (non-hydrogen) atoms. The number of hydrogen-bond donors (Lipinski definition) is 2. The van der Waals surface area contributed by atoms with Gasteiger partial charge in [0.05, 0.1) is 11.1 Å². The first kappa shape index (κ1) is 16.2. The highest BCUT2D eigenvalue weighted by Crippen LogP contribution is 2.27. The molecule has 0 aliphatic carbocycles. The van der Waals surface area contributed by atoms with Crippen LogP contribution in [0, 0.1) is 5.82 Å². The zero-order valence-corrected chi connectivity index (χ0v) is 13.5. The summed E-state index contributed by atoms with van der Waals surface area (Å²) in [6.45, 7) is -0.664. The van der Waals surface area contributed by atoms with Gasteiger partial charge in [-0.15, -0.1) is 0 Å². The Labute approximate surface area is 134 Å². The summed E-state index contributed by atoms with van der Waals surface area (Å²) in [5.41, 5.74) is -0.206. The number of hydrogen-bond acceptors (Lipinski definition) is 4. The molecule has 1 aromatic heterocycles. The molecule has 1 heterocycles. The van der Waals surface area contributed by atoms with Crippen molar-refractivity contribution in [2.75, 3.05) is 4.72 Å². The Morgan fingerprint density at radius 3 is 2.76 bits per heavy atom. The van der Waals surface area contributed by atoms with Crippen LogP contribution in [0.1, 0.15) is 5.56 Å². The molecule has 0 bridgehead atoms. The molecule has 5 nitrogen and oxygen atoms in total. The van der Waals surface area contributed by atoms with E-state index in [1.165, 1.54) is 6.20 Å². The van der Waals surface area contributed by atoms with Gasteiger partial charge in [0.1, 0.15) is 10.7 Å². The molecular weight excluding hydrogens is 387 g/mol. The Kier molecular flexibility index (Phi) is 4.82. The zero-order chi connectivity index (χ0) is 15.6. The Balaban J connectivity index is 2.50. The van der Waals surface area contributed by atoms with Crippen LogP contribution in [0.4, 0.5) is 10.2 Å². The quantitative estimate of drug-likeness (QED) is 0.834. The number of pyridine rings is 1. The lowest BCUT2D eigenvalue weighted by Crippen LogP contribution is -2.16. The van der Waals surface area contributed by atoms with Gasteiger partial charge in [-0.05, 0) is 40.2 Å². The number of aromatic nitrogens is 1. The van der Waals surface area contributed by atoms with Gasteiger partial charge < -0.3 is 5.11 Å². The topological polar surface area (TPSA) is 79.3 Å². The van der Waals surface area contributed by atoms with Crippen LogP contribution in [0.5, 0.6) is 0 Å². The van der Waals surface area contributed by atoms with Crippen LogP contribution in [0.3, 0.4) is 0 Å². The molecular formula is C12H9BrClFN2O3S. The molecule has 0 spiro atoms. The minimum Gasteiger partial charge on any atom is -0.392 e. The van der Waals surface area contributed by atoms with Crippen molar-refractivity contribution in [3.63, 3.8) is 0 Å². The first-order chi connectivity index (χ1) is 9.85. The van der Waals surface area contributed by atoms with Crippen LogP contribution in [0.15, 0.2) is 39.8 Å². The van der Waals surface area contributed by atoms with Gasteiger partial charge in [-0.25, -0.2) is 17.8 Å². The molecule has 0 saturated heterocycles. The fourth-order valence-electron chi connectivity index (χ4n) is 1.57. The van der Waals surface area contributed by atoms with E-state index in [-0.39, 0.29) is 16.4 Å². The van der Waals surface area contributed by atoms with Crippen molar-refractivity contribution in [3.8, 4) is 0 Å². The van der Waals surface area contributed by atoms with Crippen molar-refractivity contribution in [2.24, 2.45) is 0 Å². The van der Waals surface area contributed by atoms with Gasteiger partial charge >= 0.3 is 0 Å². The van der Waals surface area contributed by atoms with Gasteiger partial charge in [0.2, 0.25) is 0 Å². The molecule has 0 fully saturated rings. The summed E-state index contributed by atoms with van der Waals surface area (Å²) in [6.07, 6.45) is 1.39. The van der Waals surface area contributed by atoms with Crippen molar-refractivity contribution in [1.82, 2.24) is 4.98 Å². The third-order valence-corrected chi connectivity index (χ3v) is 4.73. The number of aliphatic hydroxyl groups is 1. The molecule has 0 unspecified atom stereocenters. The summed E-state index contributed by atoms with van der Waals surface area (Å²) in [7, 11) is -4.23. The van der Waals surface area contributed by atoms with Gasteiger partial charge in [0.15, 0.2) is 5.82 Å². The highest BCUT2D eigenvalue weighted by molar-refractivity contribution is 9.10. The van der Waals surface area contributed by atoms with Crippen LogP contribution in [-0.4, -0.2) is 18.5 Å². The van der Waals surface area contributed by atoms with Crippen LogP contribution < -0.4 is 4.72 Å². The Hall–Kier alpha value is -1.22. The fraction of sp³-hybridized carbons (Fsp3) is 0.0833. The molecule has 9 heteroatoms. The number of nitrogens with zero attached hydrogens (tertiary/aromatic N) is 1. The average Bonchev–Trinajstić information content (AvgIpc) is 2.43. The number of halogens is 3. The number of nitrogens with one attached hydrogen (secondary N) is 1. The molecule has 112 valence electrons. The van der Waals surface area contributed by atoms with Crippen molar-refractivity contribution >= 4 is 43.4 Å². The maximum Gasteiger partial charge on any atom is 0.266 e. The summed E-state index contributed by atoms with van der Waals surface area (Å²) in [6, 6.07) is 5.31. The highest BCUT2D eigenvalue weighted by Gasteiger charge is 2.23. The van der Waals surface area contributed by atoms with Crippen LogP contribution >= 0.6 is 27.5 Å². The van der Waals surface area contributed by atoms with E-state index in [1.807, 2.05) is 0 Å². The summed E-state index contributed by atoms with van der Waals surface area (Å²) in [5.74, 6) is -1.04. The van der Waals surface area contributed by atoms with Crippen molar-refractivity contribution in [1.29, 1.82) is 0 Å². The van der Waals surface area contributed by atoms with E-state index in [9.17, 15) is 12.8 Å². The minimum absolute atomic E-state index is 0.000844. The standard InChI is InChI=1S/C12H9BrClFN2O3S/c13-9-2-1-3-16-12(9)17-21(19,20)10-5-8(14)4-7(6-18)11(10)15/h1-5,18H,6H2,(H,16,17). The second-order valence-electron chi connectivity index (χ2n) is 3.97. The Morgan fingerprint density at radius 2 is 2.14 bits per heavy atom. The van der Waals surface area contributed by atoms with Crippen LogP contribution in [0.25, 0.3) is 0 Å². The Bertz CT molecular complexity index is 786. The van der Waals surface area contributed by atoms with E-state index in [2.05, 4.69) is 25.6 Å². The molecule has 0 saturated carbocycles. The first-order valence-electron chi connectivity index (χ1n) is 5.57. The maximum absolute atomic E-state index is 14.1. The van der Waals surface area contributed by atoms with Crippen molar-refractivity contribution in [3.05, 3.63) is 51.3 Å². The molecule has 2 rings (SSSR count). The SMILES string of the molecule is O=S(=O)(Nc1ncccc1Br)c1cc(Cl)cc(CO)c1F. The summed E-state index contributed by atoms with van der Waals surface area (Å²) in [4.78, 5) is 3.19. The van der Waals surface area contributed by atoms with E-state index >= 15 is 0 Å². The van der Waals surface area contributed by atoms with Crippen LogP contribution in [0.2, 0.25) is 5.02 Å². The largest absolute Gasteiger partial charge is 0.392 e. The number of aliphatic hydroxyl groups excluding tert-OH is 1. The first-order valence-corrected chi connectivity index (χ1v) is 8.22. The lowest BCUT2D eigenvalue weighted by atomic mass is 10.2. The van der Waals surface area contributed by atoms with Gasteiger partial charge in [0.25, 0.3) is 10.0 Å². The monoisotopic (exact) mass is 394 g/mol. The van der Waals surface area contributed by atoms with E-state index in [4.69, 9.17) is 16.7 Å². The zero-order valence-electron chi connectivity index (χ0n) is 10.3. The maximum atomic E-state index is 14.1. The van der Waals surface area contributed by atoms with E-state index < -0.39 is 27.3 Å². The number of sulfonamides is 1. The minimum atomic E-state index is -4.23. The van der Waals surface area contributed by atoms with Crippen LogP contribution in [-0.2, 0) is 16.6 Å². The average molecular weight is 396 g/mol. The third kappa shape index (κ3) is 3.52. The summed E-state index contributed by atoms with van der Waals surface area (Å²) >= 11 is 8.88. The Morgan fingerprint density at radius 1 is 1.43 bits per heavy atom. The summed E-state index contributed by atoms with van der Waals surface area (Å²) < 4.78 is 41.1. The van der Waals surface area contributed by atoms with Gasteiger partial charge in [-0.2, -0.15) is 0 Å². The molecule has 1 aromatic carbocycles. The molecule has 0 radical (unpaired) electrons. The van der Waals surface area contributed by atoms with Gasteiger partial charge in [-0.1, -0.05) is 11.6 Å². The normalized spacial score (nSPS) is 11.4. The smallest absolute Gasteiger partial charge is 0.266 e. The second-order valence-corrected chi connectivity index (χ2v) is 6.92. The summed E-state index contributed by atoms with van der Waals surface area (Å²) in [5, 5.41) is 9.03. The molecule has 2 aromatic rings. The highest BCUT2D eigenvalue weighted by atomic mass is 79.9. The van der Waals surface area contributed by atoms with Crippen molar-refractivity contribution in [2.45, 2.75) is 11.5 Å². The van der Waals surface area contributed by atoms with E-state index in [0.29, 0.717) is 4.47 Å².